The van der Waals surface area contributed by atoms with Crippen LogP contribution in [0.5, 0.6) is 0 Å². The molecule has 43 heavy (non-hydrogen) atoms. The van der Waals surface area contributed by atoms with Gasteiger partial charge < -0.3 is 10.2 Å². The minimum atomic E-state index is -4.18. The number of anilines is 1. The van der Waals surface area contributed by atoms with E-state index in [1.807, 2.05) is 61.5 Å². The van der Waals surface area contributed by atoms with Gasteiger partial charge in [-0.15, -0.1) is 0 Å². The van der Waals surface area contributed by atoms with Crippen molar-refractivity contribution in [1.29, 1.82) is 0 Å². The van der Waals surface area contributed by atoms with Crippen molar-refractivity contribution in [2.24, 2.45) is 0 Å². The van der Waals surface area contributed by atoms with Crippen molar-refractivity contribution in [2.75, 3.05) is 17.4 Å². The minimum Gasteiger partial charge on any atom is -0.354 e. The number of nitrogens with one attached hydrogen (secondary N) is 1. The molecule has 1 N–H and O–H groups in total. The van der Waals surface area contributed by atoms with Crippen LogP contribution in [0.4, 0.5) is 5.69 Å². The van der Waals surface area contributed by atoms with Crippen molar-refractivity contribution >= 4 is 55.1 Å². The van der Waals surface area contributed by atoms with E-state index < -0.39 is 28.5 Å². The first-order chi connectivity index (χ1) is 20.7. The van der Waals surface area contributed by atoms with E-state index in [1.165, 1.54) is 23.1 Å². The van der Waals surface area contributed by atoms with Gasteiger partial charge in [0.05, 0.1) is 10.6 Å². The molecule has 0 aliphatic carbocycles. The van der Waals surface area contributed by atoms with Gasteiger partial charge in [-0.05, 0) is 60.0 Å². The van der Waals surface area contributed by atoms with Gasteiger partial charge in [-0.2, -0.15) is 0 Å². The van der Waals surface area contributed by atoms with Crippen molar-refractivity contribution in [3.63, 3.8) is 0 Å². The maximum atomic E-state index is 14.4. The molecule has 0 spiro atoms. The summed E-state index contributed by atoms with van der Waals surface area (Å²) in [4.78, 5) is 29.5. The van der Waals surface area contributed by atoms with E-state index >= 15 is 0 Å². The molecule has 0 heterocycles. The number of benzene rings is 4. The highest BCUT2D eigenvalue weighted by atomic mass is 79.9. The number of hydrogen-bond donors (Lipinski definition) is 1. The SMILES string of the molecule is CCCNC(=O)C(Cc1ccccc1)N(Cc1cccc(Br)c1)C(=O)CN(c1cccc(Cl)c1)S(=O)(=O)c1ccccc1. The number of sulfonamides is 1. The van der Waals surface area contributed by atoms with Crippen LogP contribution in [0.25, 0.3) is 0 Å². The highest BCUT2D eigenvalue weighted by molar-refractivity contribution is 9.10. The summed E-state index contributed by atoms with van der Waals surface area (Å²) in [5.41, 5.74) is 1.89. The fraction of sp³-hybridized carbons (Fsp3) is 0.212. The molecule has 4 rings (SSSR count). The first-order valence-corrected chi connectivity index (χ1v) is 16.5. The number of rotatable bonds is 13. The van der Waals surface area contributed by atoms with E-state index in [1.54, 1.807) is 36.4 Å². The van der Waals surface area contributed by atoms with Gasteiger partial charge in [-0.3, -0.25) is 13.9 Å². The average Bonchev–Trinajstić information content (AvgIpc) is 3.01. The molecule has 7 nitrogen and oxygen atoms in total. The number of carbonyl (C=O) groups is 2. The standard InChI is InChI=1S/C33H33BrClN3O4S/c1-2-19-36-33(40)31(21-25-11-5-3-6-12-25)37(23-26-13-9-14-27(34)20-26)32(39)24-38(29-16-10-15-28(35)22-29)43(41,42)30-17-7-4-8-18-30/h3-18,20,22,31H,2,19,21,23-24H2,1H3,(H,36,40). The second kappa shape index (κ2) is 15.2. The van der Waals surface area contributed by atoms with Crippen LogP contribution in [-0.4, -0.2) is 44.3 Å². The van der Waals surface area contributed by atoms with Gasteiger partial charge in [0, 0.05) is 29.0 Å². The Kier molecular flexibility index (Phi) is 11.4. The number of hydrogen-bond acceptors (Lipinski definition) is 4. The first-order valence-electron chi connectivity index (χ1n) is 13.9. The molecule has 0 aliphatic heterocycles. The van der Waals surface area contributed by atoms with E-state index in [0.29, 0.717) is 11.6 Å². The van der Waals surface area contributed by atoms with Crippen LogP contribution in [0.3, 0.4) is 0 Å². The molecule has 2 amide bonds. The van der Waals surface area contributed by atoms with Crippen molar-refractivity contribution < 1.29 is 18.0 Å². The summed E-state index contributed by atoms with van der Waals surface area (Å²) in [7, 11) is -4.18. The molecule has 1 atom stereocenters. The molecule has 224 valence electrons. The largest absolute Gasteiger partial charge is 0.354 e. The van der Waals surface area contributed by atoms with E-state index in [2.05, 4.69) is 21.2 Å². The van der Waals surface area contributed by atoms with Crippen LogP contribution in [0.15, 0.2) is 119 Å². The highest BCUT2D eigenvalue weighted by Crippen LogP contribution is 2.27. The fourth-order valence-corrected chi connectivity index (χ4v) is 6.69. The first kappa shape index (κ1) is 32.3. The maximum Gasteiger partial charge on any atom is 0.264 e. The number of nitrogens with zero attached hydrogens (tertiary/aromatic N) is 2. The average molecular weight is 683 g/mol. The third-order valence-corrected chi connectivity index (χ3v) is 9.28. The molecule has 0 saturated carbocycles. The molecule has 0 aromatic heterocycles. The van der Waals surface area contributed by atoms with Crippen LogP contribution in [0.1, 0.15) is 24.5 Å². The summed E-state index contributed by atoms with van der Waals surface area (Å²) in [6, 6.07) is 30.3. The van der Waals surface area contributed by atoms with Gasteiger partial charge in [0.2, 0.25) is 11.8 Å². The number of amides is 2. The Bertz CT molecular complexity index is 1640. The maximum absolute atomic E-state index is 14.4. The lowest BCUT2D eigenvalue weighted by molar-refractivity contribution is -0.140. The predicted octanol–water partition coefficient (Wildman–Crippen LogP) is 6.46. The van der Waals surface area contributed by atoms with Crippen molar-refractivity contribution in [1.82, 2.24) is 10.2 Å². The van der Waals surface area contributed by atoms with Gasteiger partial charge in [0.1, 0.15) is 12.6 Å². The number of halogens is 2. The predicted molar refractivity (Wildman–Crippen MR) is 174 cm³/mol. The lowest BCUT2D eigenvalue weighted by Crippen LogP contribution is -2.53. The highest BCUT2D eigenvalue weighted by Gasteiger charge is 2.34. The van der Waals surface area contributed by atoms with Gasteiger partial charge in [0.25, 0.3) is 10.0 Å². The summed E-state index contributed by atoms with van der Waals surface area (Å²) in [6.45, 7) is 1.94. The van der Waals surface area contributed by atoms with E-state index in [0.717, 1.165) is 26.3 Å². The van der Waals surface area contributed by atoms with Gasteiger partial charge in [-0.25, -0.2) is 8.42 Å². The Morgan fingerprint density at radius 3 is 2.16 bits per heavy atom. The molecule has 4 aromatic carbocycles. The molecule has 0 saturated heterocycles. The Morgan fingerprint density at radius 2 is 1.51 bits per heavy atom. The summed E-state index contributed by atoms with van der Waals surface area (Å²) < 4.78 is 29.8. The topological polar surface area (TPSA) is 86.8 Å². The summed E-state index contributed by atoms with van der Waals surface area (Å²) in [5.74, 6) is -0.846. The van der Waals surface area contributed by atoms with E-state index in [4.69, 9.17) is 11.6 Å². The van der Waals surface area contributed by atoms with Gasteiger partial charge in [-0.1, -0.05) is 101 Å². The third kappa shape index (κ3) is 8.69. The molecule has 1 unspecified atom stereocenters. The Balaban J connectivity index is 1.79. The molecule has 10 heteroatoms. The quantitative estimate of drug-likeness (QED) is 0.175. The van der Waals surface area contributed by atoms with Crippen LogP contribution < -0.4 is 9.62 Å². The van der Waals surface area contributed by atoms with Crippen molar-refractivity contribution in [3.8, 4) is 0 Å². The van der Waals surface area contributed by atoms with Crippen LogP contribution >= 0.6 is 27.5 Å². The molecule has 0 aliphatic rings. The summed E-state index contributed by atoms with van der Waals surface area (Å²) in [6.07, 6.45) is 0.972. The van der Waals surface area contributed by atoms with Crippen LogP contribution in [0, 0.1) is 0 Å². The fourth-order valence-electron chi connectivity index (χ4n) is 4.63. The lowest BCUT2D eigenvalue weighted by Gasteiger charge is -2.34. The minimum absolute atomic E-state index is 0.0304. The van der Waals surface area contributed by atoms with E-state index in [-0.39, 0.29) is 29.5 Å². The molecular weight excluding hydrogens is 650 g/mol. The molecule has 0 radical (unpaired) electrons. The molecular formula is C33H33BrClN3O4S. The zero-order chi connectivity index (χ0) is 30.8. The van der Waals surface area contributed by atoms with Gasteiger partial charge >= 0.3 is 0 Å². The second-order valence-electron chi connectivity index (χ2n) is 9.95. The molecule has 4 aromatic rings. The Labute approximate surface area is 266 Å². The smallest absolute Gasteiger partial charge is 0.264 e. The Morgan fingerprint density at radius 1 is 0.860 bits per heavy atom. The zero-order valence-corrected chi connectivity index (χ0v) is 26.9. The van der Waals surface area contributed by atoms with Crippen LogP contribution in [0.2, 0.25) is 5.02 Å². The van der Waals surface area contributed by atoms with Crippen molar-refractivity contribution in [3.05, 3.63) is 130 Å². The Hall–Kier alpha value is -3.66. The normalized spacial score (nSPS) is 11.9. The van der Waals surface area contributed by atoms with Crippen molar-refractivity contribution in [2.45, 2.75) is 37.2 Å². The third-order valence-electron chi connectivity index (χ3n) is 6.77. The second-order valence-corrected chi connectivity index (χ2v) is 13.2. The summed E-state index contributed by atoms with van der Waals surface area (Å²) >= 11 is 9.75. The molecule has 0 bridgehead atoms. The molecule has 0 fully saturated rings. The monoisotopic (exact) mass is 681 g/mol. The zero-order valence-electron chi connectivity index (χ0n) is 23.7. The van der Waals surface area contributed by atoms with Crippen LogP contribution in [-0.2, 0) is 32.6 Å². The number of carbonyl (C=O) groups excluding carboxylic acids is 2. The van der Waals surface area contributed by atoms with Gasteiger partial charge in [0.15, 0.2) is 0 Å². The van der Waals surface area contributed by atoms with E-state index in [9.17, 15) is 18.0 Å². The lowest BCUT2D eigenvalue weighted by atomic mass is 10.0. The summed E-state index contributed by atoms with van der Waals surface area (Å²) in [5, 5.41) is 3.27.